The standard InChI is InChI=1S/C5H5.C4H10N.C2H7Si.2ClH.Ti/c1-2-4-5-3-1;1-4(2,3)5;1-3-2;;;/h1-5H;5H,1-3H3;3H,1-2H3;2*1H;/q2*-1;;;;+4/p-2. The molecule has 0 saturated heterocycles. The normalized spacial score (nSPS) is 7.38. The van der Waals surface area contributed by atoms with Crippen molar-refractivity contribution in [3.63, 3.8) is 0 Å². The first-order valence-electron chi connectivity index (χ1n) is 4.57. The van der Waals surface area contributed by atoms with Crippen LogP contribution < -0.4 is 24.8 Å². The van der Waals surface area contributed by atoms with E-state index in [1.807, 2.05) is 51.1 Å². The van der Waals surface area contributed by atoms with Crippen molar-refractivity contribution in [3.8, 4) is 0 Å². The Bertz CT molecular complexity index is 142. The first kappa shape index (κ1) is 30.1. The minimum absolute atomic E-state index is 0. The van der Waals surface area contributed by atoms with Gasteiger partial charge >= 0.3 is 21.7 Å². The molecule has 1 N–H and O–H groups in total. The second-order valence-corrected chi connectivity index (χ2v) is 4.94. The average molecular weight is 315 g/mol. The summed E-state index contributed by atoms with van der Waals surface area (Å²) in [5.74, 6) is 0. The predicted octanol–water partition coefficient (Wildman–Crippen LogP) is -2.23. The van der Waals surface area contributed by atoms with Crippen molar-refractivity contribution >= 4 is 9.52 Å². The van der Waals surface area contributed by atoms with Gasteiger partial charge < -0.3 is 30.5 Å². The molecule has 0 aliphatic heterocycles. The third kappa shape index (κ3) is 83.6. The minimum Gasteiger partial charge on any atom is -1.00 e. The van der Waals surface area contributed by atoms with E-state index in [1.54, 1.807) is 0 Å². The Hall–Kier alpha value is 0.821. The molecule has 1 aromatic rings. The van der Waals surface area contributed by atoms with Crippen LogP contribution in [0.25, 0.3) is 5.73 Å². The second kappa shape index (κ2) is 21.1. The summed E-state index contributed by atoms with van der Waals surface area (Å²) in [5, 5.41) is 0. The molecule has 1 rings (SSSR count). The van der Waals surface area contributed by atoms with Crippen molar-refractivity contribution in [2.45, 2.75) is 39.4 Å². The summed E-state index contributed by atoms with van der Waals surface area (Å²) in [6.45, 7) is 9.98. The van der Waals surface area contributed by atoms with E-state index in [2.05, 4.69) is 13.1 Å². The molecule has 5 heteroatoms. The number of nitrogens with one attached hydrogen (secondary N) is 1. The summed E-state index contributed by atoms with van der Waals surface area (Å²) in [6, 6.07) is 10.0. The van der Waals surface area contributed by atoms with Crippen molar-refractivity contribution in [1.82, 2.24) is 0 Å². The van der Waals surface area contributed by atoms with E-state index in [1.165, 1.54) is 0 Å². The van der Waals surface area contributed by atoms with E-state index in [0.717, 1.165) is 9.52 Å². The minimum atomic E-state index is -0.250. The number of halogens is 2. The summed E-state index contributed by atoms with van der Waals surface area (Å²) in [4.78, 5) is 0. The molecule has 0 bridgehead atoms. The van der Waals surface area contributed by atoms with Crippen LogP contribution in [0, 0.1) is 0 Å². The van der Waals surface area contributed by atoms with Gasteiger partial charge in [-0.1, -0.05) is 33.9 Å². The summed E-state index contributed by atoms with van der Waals surface area (Å²) in [6.07, 6.45) is 0. The quantitative estimate of drug-likeness (QED) is 0.382. The van der Waals surface area contributed by atoms with Gasteiger partial charge in [0.2, 0.25) is 0 Å². The molecule has 0 spiro atoms. The van der Waals surface area contributed by atoms with Gasteiger partial charge in [-0.15, -0.1) is 5.54 Å². The van der Waals surface area contributed by atoms with E-state index in [0.29, 0.717) is 0 Å². The predicted molar refractivity (Wildman–Crippen MR) is 65.0 cm³/mol. The summed E-state index contributed by atoms with van der Waals surface area (Å²) in [5.41, 5.74) is 6.69. The molecule has 93 valence electrons. The fraction of sp³-hybridized carbons (Fsp3) is 0.545. The van der Waals surface area contributed by atoms with Crippen molar-refractivity contribution in [3.05, 3.63) is 36.1 Å². The van der Waals surface area contributed by atoms with Crippen LogP contribution in [0.1, 0.15) is 20.8 Å². The molecule has 0 atom stereocenters. The van der Waals surface area contributed by atoms with Crippen molar-refractivity contribution < 1.29 is 46.5 Å². The third-order valence-corrected chi connectivity index (χ3v) is 0.556. The zero-order valence-corrected chi connectivity index (χ0v) is 14.9. The van der Waals surface area contributed by atoms with Crippen LogP contribution in [0.3, 0.4) is 0 Å². The van der Waals surface area contributed by atoms with Crippen LogP contribution in [0.4, 0.5) is 0 Å². The molecule has 16 heavy (non-hydrogen) atoms. The van der Waals surface area contributed by atoms with Gasteiger partial charge in [-0.05, 0) is 0 Å². The smallest absolute Gasteiger partial charge is 1.00 e. The van der Waals surface area contributed by atoms with Crippen LogP contribution >= 0.6 is 0 Å². The average Bonchev–Trinajstić information content (AvgIpc) is 2.36. The fourth-order valence-electron chi connectivity index (χ4n) is 0.321. The Morgan fingerprint density at radius 2 is 1.19 bits per heavy atom. The third-order valence-electron chi connectivity index (χ3n) is 0.556. The molecule has 1 nitrogen and oxygen atoms in total. The number of hydrogen-bond donors (Lipinski definition) is 0. The van der Waals surface area contributed by atoms with Crippen LogP contribution in [0.2, 0.25) is 13.1 Å². The molecule has 0 unspecified atom stereocenters. The summed E-state index contributed by atoms with van der Waals surface area (Å²) >= 11 is 0. The SMILES string of the molecule is CC(C)(C)[NH-].C[SiH]C.[Cl-].[Cl-].[Ti+4].c1cc[cH-]c1. The first-order valence-corrected chi connectivity index (χ1v) is 6.88. The Morgan fingerprint density at radius 1 is 1.00 bits per heavy atom. The zero-order chi connectivity index (χ0) is 10.7. The largest absolute Gasteiger partial charge is 4.00 e. The Kier molecular flexibility index (Phi) is 39.8. The Morgan fingerprint density at radius 3 is 1.25 bits per heavy atom. The van der Waals surface area contributed by atoms with E-state index in [4.69, 9.17) is 5.73 Å². The van der Waals surface area contributed by atoms with Crippen LogP contribution in [-0.4, -0.2) is 15.1 Å². The zero-order valence-electron chi connectivity index (χ0n) is 10.7. The monoisotopic (exact) mass is 314 g/mol. The van der Waals surface area contributed by atoms with Gasteiger partial charge in [0.1, 0.15) is 0 Å². The van der Waals surface area contributed by atoms with Gasteiger partial charge in [-0.25, -0.2) is 12.1 Å². The van der Waals surface area contributed by atoms with E-state index < -0.39 is 0 Å². The summed E-state index contributed by atoms with van der Waals surface area (Å²) < 4.78 is 0. The molecule has 0 fully saturated rings. The number of rotatable bonds is 0. The van der Waals surface area contributed by atoms with E-state index in [9.17, 15) is 0 Å². The maximum absolute atomic E-state index is 6.94. The molecule has 0 aromatic heterocycles. The Balaban J connectivity index is -0.0000000356. The number of hydrogen-bond acceptors (Lipinski definition) is 0. The van der Waals surface area contributed by atoms with Crippen LogP contribution in [-0.2, 0) is 21.7 Å². The van der Waals surface area contributed by atoms with Gasteiger partial charge in [0.25, 0.3) is 0 Å². The van der Waals surface area contributed by atoms with Gasteiger partial charge in [-0.2, -0.15) is 18.2 Å². The molecule has 0 saturated carbocycles. The molecule has 0 amide bonds. The van der Waals surface area contributed by atoms with E-state index in [-0.39, 0.29) is 52.1 Å². The molecular weight excluding hydrogens is 293 g/mol. The molecule has 0 aliphatic carbocycles. The van der Waals surface area contributed by atoms with Gasteiger partial charge in [0, 0.05) is 9.52 Å². The second-order valence-electron chi connectivity index (χ2n) is 3.79. The van der Waals surface area contributed by atoms with E-state index >= 15 is 0 Å². The molecule has 0 heterocycles. The fourth-order valence-corrected chi connectivity index (χ4v) is 0.321. The van der Waals surface area contributed by atoms with Gasteiger partial charge in [-0.3, -0.25) is 0 Å². The van der Waals surface area contributed by atoms with Gasteiger partial charge in [0.15, 0.2) is 0 Å². The maximum Gasteiger partial charge on any atom is 4.00 e. The molecule has 0 aliphatic rings. The van der Waals surface area contributed by atoms with Crippen LogP contribution in [0.5, 0.6) is 0 Å². The van der Waals surface area contributed by atoms with Gasteiger partial charge in [0.05, 0.1) is 0 Å². The first-order chi connectivity index (χ1) is 5.91. The van der Waals surface area contributed by atoms with Crippen molar-refractivity contribution in [2.75, 3.05) is 0 Å². The topological polar surface area (TPSA) is 23.8 Å². The summed E-state index contributed by atoms with van der Waals surface area (Å²) in [7, 11) is 0.750. The molecule has 1 radical (unpaired) electrons. The van der Waals surface area contributed by atoms with Crippen LogP contribution in [0.15, 0.2) is 30.3 Å². The van der Waals surface area contributed by atoms with Crippen molar-refractivity contribution in [1.29, 1.82) is 0 Å². The molecular formula is C11H22Cl2NSiTi. The maximum atomic E-state index is 6.94. The Labute approximate surface area is 131 Å². The molecule has 1 aromatic carbocycles. The van der Waals surface area contributed by atoms with Crippen molar-refractivity contribution in [2.24, 2.45) is 0 Å².